The molecule has 5 nitrogen and oxygen atoms in total. The summed E-state index contributed by atoms with van der Waals surface area (Å²) in [7, 11) is 0. The molecular formula is C16H19ClFNO4. The van der Waals surface area contributed by atoms with Crippen LogP contribution in [0.15, 0.2) is 18.2 Å². The first-order valence-electron chi connectivity index (χ1n) is 7.72. The second kappa shape index (κ2) is 7.47. The maximum atomic E-state index is 13.1. The van der Waals surface area contributed by atoms with Gasteiger partial charge in [-0.1, -0.05) is 11.6 Å². The number of hydrogen-bond acceptors (Lipinski definition) is 4. The van der Waals surface area contributed by atoms with Crippen LogP contribution in [0.1, 0.15) is 12.8 Å². The van der Waals surface area contributed by atoms with Crippen LogP contribution >= 0.6 is 11.6 Å². The maximum absolute atomic E-state index is 13.1. The van der Waals surface area contributed by atoms with E-state index in [9.17, 15) is 9.18 Å². The number of hydrogen-bond donors (Lipinski definition) is 0. The van der Waals surface area contributed by atoms with E-state index in [-0.39, 0.29) is 23.8 Å². The Balaban J connectivity index is 1.44. The van der Waals surface area contributed by atoms with Crippen LogP contribution in [0.5, 0.6) is 5.75 Å². The van der Waals surface area contributed by atoms with Crippen molar-refractivity contribution >= 4 is 17.5 Å². The Hall–Kier alpha value is -1.37. The van der Waals surface area contributed by atoms with Crippen molar-refractivity contribution < 1.29 is 23.4 Å². The van der Waals surface area contributed by atoms with Crippen molar-refractivity contribution in [3.63, 3.8) is 0 Å². The van der Waals surface area contributed by atoms with Gasteiger partial charge in [-0.3, -0.25) is 4.79 Å². The average molecular weight is 344 g/mol. The zero-order valence-electron chi connectivity index (χ0n) is 12.7. The fourth-order valence-electron chi connectivity index (χ4n) is 2.87. The molecule has 1 aromatic carbocycles. The molecule has 0 bridgehead atoms. The number of likely N-dealkylation sites (tertiary alicyclic amines) is 1. The van der Waals surface area contributed by atoms with Gasteiger partial charge < -0.3 is 19.1 Å². The summed E-state index contributed by atoms with van der Waals surface area (Å²) in [6.07, 6.45) is 1.60. The highest BCUT2D eigenvalue weighted by atomic mass is 35.5. The average Bonchev–Trinajstić information content (AvgIpc) is 3.10. The Bertz CT molecular complexity index is 557. The highest BCUT2D eigenvalue weighted by molar-refractivity contribution is 6.30. The van der Waals surface area contributed by atoms with E-state index >= 15 is 0 Å². The molecule has 2 aliphatic heterocycles. The third-order valence-corrected chi connectivity index (χ3v) is 4.47. The summed E-state index contributed by atoms with van der Waals surface area (Å²) in [5.41, 5.74) is 0. The molecule has 0 spiro atoms. The minimum Gasteiger partial charge on any atom is -0.484 e. The van der Waals surface area contributed by atoms with Crippen molar-refractivity contribution in [3.05, 3.63) is 29.0 Å². The summed E-state index contributed by atoms with van der Waals surface area (Å²) in [6, 6.07) is 4.04. The Labute approximate surface area is 139 Å². The number of rotatable bonds is 4. The molecule has 0 atom stereocenters. The van der Waals surface area contributed by atoms with Crippen LogP contribution in [0.2, 0.25) is 5.02 Å². The predicted molar refractivity (Wildman–Crippen MR) is 81.9 cm³/mol. The molecule has 23 heavy (non-hydrogen) atoms. The molecule has 3 rings (SSSR count). The highest BCUT2D eigenvalue weighted by Crippen LogP contribution is 2.26. The van der Waals surface area contributed by atoms with Gasteiger partial charge in [-0.15, -0.1) is 0 Å². The van der Waals surface area contributed by atoms with Crippen molar-refractivity contribution in [2.45, 2.75) is 19.1 Å². The zero-order chi connectivity index (χ0) is 16.2. The lowest BCUT2D eigenvalue weighted by atomic mass is 9.96. The number of amides is 1. The molecule has 1 aromatic rings. The lowest BCUT2D eigenvalue weighted by molar-refractivity contribution is -0.138. The molecule has 2 saturated heterocycles. The fraction of sp³-hybridized carbons (Fsp3) is 0.562. The van der Waals surface area contributed by atoms with Crippen molar-refractivity contribution in [2.75, 3.05) is 32.9 Å². The minimum absolute atomic E-state index is 0.0210. The predicted octanol–water partition coefficient (Wildman–Crippen LogP) is 2.47. The zero-order valence-corrected chi connectivity index (χ0v) is 13.4. The van der Waals surface area contributed by atoms with E-state index in [0.29, 0.717) is 38.0 Å². The van der Waals surface area contributed by atoms with Crippen LogP contribution in [0.25, 0.3) is 0 Å². The van der Waals surface area contributed by atoms with E-state index < -0.39 is 5.82 Å². The Morgan fingerprint density at radius 3 is 2.65 bits per heavy atom. The van der Waals surface area contributed by atoms with Gasteiger partial charge >= 0.3 is 0 Å². The largest absolute Gasteiger partial charge is 0.484 e. The molecule has 1 amide bonds. The van der Waals surface area contributed by atoms with Gasteiger partial charge in [0.15, 0.2) is 12.9 Å². The monoisotopic (exact) mass is 343 g/mol. The molecule has 2 aliphatic rings. The van der Waals surface area contributed by atoms with Gasteiger partial charge in [0.25, 0.3) is 5.91 Å². The summed E-state index contributed by atoms with van der Waals surface area (Å²) in [5, 5.41) is -0.0210. The quantitative estimate of drug-likeness (QED) is 0.842. The Morgan fingerprint density at radius 1 is 1.30 bits per heavy atom. The van der Waals surface area contributed by atoms with Gasteiger partial charge in [0.05, 0.1) is 18.2 Å². The standard InChI is InChI=1S/C16H19ClFNO4/c17-13-9-12(1-2-14(13)18)23-10-15(20)19-5-3-11(4-6-19)16-21-7-8-22-16/h1-2,9,11,16H,3-8,10H2. The summed E-state index contributed by atoms with van der Waals surface area (Å²) in [5.74, 6) is 0.131. The van der Waals surface area contributed by atoms with Crippen molar-refractivity contribution in [1.29, 1.82) is 0 Å². The molecule has 0 N–H and O–H groups in total. The van der Waals surface area contributed by atoms with E-state index in [0.717, 1.165) is 12.8 Å². The van der Waals surface area contributed by atoms with Crippen LogP contribution in [-0.2, 0) is 14.3 Å². The number of benzene rings is 1. The highest BCUT2D eigenvalue weighted by Gasteiger charge is 2.31. The SMILES string of the molecule is O=C(COc1ccc(F)c(Cl)c1)N1CCC(C2OCCO2)CC1. The van der Waals surface area contributed by atoms with Crippen molar-refractivity contribution in [2.24, 2.45) is 5.92 Å². The van der Waals surface area contributed by atoms with E-state index in [1.54, 1.807) is 4.90 Å². The lowest BCUT2D eigenvalue weighted by Crippen LogP contribution is -2.43. The number of piperidine rings is 1. The van der Waals surface area contributed by atoms with Crippen LogP contribution in [-0.4, -0.2) is 50.0 Å². The number of carbonyl (C=O) groups is 1. The fourth-order valence-corrected chi connectivity index (χ4v) is 3.04. The van der Waals surface area contributed by atoms with Gasteiger partial charge in [0, 0.05) is 25.1 Å². The smallest absolute Gasteiger partial charge is 0.260 e. The number of carbonyl (C=O) groups excluding carboxylic acids is 1. The Morgan fingerprint density at radius 2 is 2.00 bits per heavy atom. The first kappa shape index (κ1) is 16.5. The normalized spacial score (nSPS) is 20.0. The van der Waals surface area contributed by atoms with Gasteiger partial charge in [-0.2, -0.15) is 0 Å². The van der Waals surface area contributed by atoms with Gasteiger partial charge in [0.2, 0.25) is 0 Å². The van der Waals surface area contributed by atoms with E-state index in [1.165, 1.54) is 18.2 Å². The summed E-state index contributed by atoms with van der Waals surface area (Å²) >= 11 is 5.68. The minimum atomic E-state index is -0.510. The third-order valence-electron chi connectivity index (χ3n) is 4.18. The first-order chi connectivity index (χ1) is 11.1. The maximum Gasteiger partial charge on any atom is 0.260 e. The summed E-state index contributed by atoms with van der Waals surface area (Å²) in [4.78, 5) is 14.0. The molecule has 126 valence electrons. The van der Waals surface area contributed by atoms with Gasteiger partial charge in [0.1, 0.15) is 11.6 Å². The van der Waals surface area contributed by atoms with E-state index in [2.05, 4.69) is 0 Å². The van der Waals surface area contributed by atoms with Crippen LogP contribution in [0.3, 0.4) is 0 Å². The molecule has 0 aliphatic carbocycles. The molecular weight excluding hydrogens is 325 g/mol. The Kier molecular flexibility index (Phi) is 5.35. The first-order valence-corrected chi connectivity index (χ1v) is 8.10. The molecule has 7 heteroatoms. The van der Waals surface area contributed by atoms with Crippen molar-refractivity contribution in [1.82, 2.24) is 4.90 Å². The molecule has 0 unspecified atom stereocenters. The van der Waals surface area contributed by atoms with Gasteiger partial charge in [-0.25, -0.2) is 4.39 Å². The molecule has 2 heterocycles. The third kappa shape index (κ3) is 4.13. The summed E-state index contributed by atoms with van der Waals surface area (Å²) < 4.78 is 29.5. The number of halogens is 2. The van der Waals surface area contributed by atoms with Crippen LogP contribution in [0.4, 0.5) is 4.39 Å². The lowest BCUT2D eigenvalue weighted by Gasteiger charge is -2.33. The van der Waals surface area contributed by atoms with Crippen LogP contribution < -0.4 is 4.74 Å². The molecule has 0 saturated carbocycles. The second-order valence-corrected chi connectivity index (χ2v) is 6.10. The summed E-state index contributed by atoms with van der Waals surface area (Å²) in [6.45, 7) is 2.55. The van der Waals surface area contributed by atoms with E-state index in [1.807, 2.05) is 0 Å². The topological polar surface area (TPSA) is 48.0 Å². The number of ether oxygens (including phenoxy) is 3. The molecule has 0 radical (unpaired) electrons. The van der Waals surface area contributed by atoms with E-state index in [4.69, 9.17) is 25.8 Å². The van der Waals surface area contributed by atoms with Crippen LogP contribution in [0, 0.1) is 11.7 Å². The number of nitrogens with zero attached hydrogens (tertiary/aromatic N) is 1. The van der Waals surface area contributed by atoms with Crippen molar-refractivity contribution in [3.8, 4) is 5.75 Å². The van der Waals surface area contributed by atoms with Gasteiger partial charge in [-0.05, 0) is 25.0 Å². The second-order valence-electron chi connectivity index (χ2n) is 5.69. The molecule has 2 fully saturated rings. The molecule has 0 aromatic heterocycles.